The van der Waals surface area contributed by atoms with E-state index in [2.05, 4.69) is 5.92 Å². The van der Waals surface area contributed by atoms with Gasteiger partial charge in [0, 0.05) is 12.0 Å². The Labute approximate surface area is 58.0 Å². The Balaban J connectivity index is 2.84. The first-order chi connectivity index (χ1) is 4.34. The molecule has 0 amide bonds. The van der Waals surface area contributed by atoms with Gasteiger partial charge in [0.25, 0.3) is 0 Å². The minimum atomic E-state index is 0.341. The standard InChI is InChI=1S/C7H6OS/c1-2-3-6-4-5-9-7(6)8/h1,4-5,8H,3H2. The molecule has 0 saturated carbocycles. The summed E-state index contributed by atoms with van der Waals surface area (Å²) in [5.41, 5.74) is 0.850. The SMILES string of the molecule is C#CCc1ccsc1O. The zero-order valence-electron chi connectivity index (χ0n) is 4.79. The molecule has 1 nitrogen and oxygen atoms in total. The zero-order valence-corrected chi connectivity index (χ0v) is 5.61. The van der Waals surface area contributed by atoms with E-state index >= 15 is 0 Å². The Morgan fingerprint density at radius 2 is 2.56 bits per heavy atom. The molecule has 9 heavy (non-hydrogen) atoms. The monoisotopic (exact) mass is 138 g/mol. The molecule has 0 bridgehead atoms. The number of hydrogen-bond acceptors (Lipinski definition) is 2. The maximum absolute atomic E-state index is 9.00. The molecule has 0 aromatic carbocycles. The minimum absolute atomic E-state index is 0.341. The molecule has 0 atom stereocenters. The number of rotatable bonds is 1. The minimum Gasteiger partial charge on any atom is -0.499 e. The lowest BCUT2D eigenvalue weighted by molar-refractivity contribution is 0.486. The van der Waals surface area contributed by atoms with Crippen molar-refractivity contribution in [1.82, 2.24) is 0 Å². The molecule has 1 aromatic rings. The summed E-state index contributed by atoms with van der Waals surface area (Å²) < 4.78 is 0. The maximum atomic E-state index is 9.00. The molecular formula is C7H6OS. The fourth-order valence-corrected chi connectivity index (χ4v) is 1.22. The van der Waals surface area contributed by atoms with Gasteiger partial charge in [0.1, 0.15) is 0 Å². The molecule has 0 aliphatic rings. The first kappa shape index (κ1) is 6.18. The molecule has 0 radical (unpaired) electrons. The van der Waals surface area contributed by atoms with Gasteiger partial charge in [-0.25, -0.2) is 0 Å². The van der Waals surface area contributed by atoms with E-state index in [9.17, 15) is 0 Å². The normalized spacial score (nSPS) is 8.78. The highest BCUT2D eigenvalue weighted by molar-refractivity contribution is 7.11. The van der Waals surface area contributed by atoms with Crippen LogP contribution in [0.15, 0.2) is 11.4 Å². The highest BCUT2D eigenvalue weighted by Gasteiger charge is 1.97. The third-order valence-corrected chi connectivity index (χ3v) is 1.77. The van der Waals surface area contributed by atoms with Crippen LogP contribution in [0.2, 0.25) is 0 Å². The van der Waals surface area contributed by atoms with Gasteiger partial charge >= 0.3 is 0 Å². The van der Waals surface area contributed by atoms with E-state index in [1.165, 1.54) is 11.3 Å². The van der Waals surface area contributed by atoms with Crippen molar-refractivity contribution in [1.29, 1.82) is 0 Å². The molecule has 0 saturated heterocycles. The van der Waals surface area contributed by atoms with Gasteiger partial charge in [0.15, 0.2) is 5.06 Å². The van der Waals surface area contributed by atoms with Crippen LogP contribution in [0.25, 0.3) is 0 Å². The quantitative estimate of drug-likeness (QED) is 0.585. The third kappa shape index (κ3) is 1.24. The van der Waals surface area contributed by atoms with Crippen molar-refractivity contribution in [3.63, 3.8) is 0 Å². The lowest BCUT2D eigenvalue weighted by Gasteiger charge is -1.86. The van der Waals surface area contributed by atoms with Gasteiger partial charge in [-0.15, -0.1) is 23.7 Å². The number of thiophene rings is 1. The summed E-state index contributed by atoms with van der Waals surface area (Å²) in [6.45, 7) is 0. The lowest BCUT2D eigenvalue weighted by Crippen LogP contribution is -1.73. The van der Waals surface area contributed by atoms with Gasteiger partial charge in [-0.1, -0.05) is 0 Å². The zero-order chi connectivity index (χ0) is 6.69. The predicted molar refractivity (Wildman–Crippen MR) is 38.5 cm³/mol. The van der Waals surface area contributed by atoms with Gasteiger partial charge in [-0.3, -0.25) is 0 Å². The van der Waals surface area contributed by atoms with E-state index < -0.39 is 0 Å². The van der Waals surface area contributed by atoms with Crippen molar-refractivity contribution in [3.8, 4) is 17.4 Å². The molecule has 1 aromatic heterocycles. The summed E-state index contributed by atoms with van der Waals surface area (Å²) in [6.07, 6.45) is 5.56. The van der Waals surface area contributed by atoms with Gasteiger partial charge < -0.3 is 5.11 Å². The van der Waals surface area contributed by atoms with Crippen molar-refractivity contribution in [3.05, 3.63) is 17.0 Å². The Kier molecular flexibility index (Phi) is 1.76. The molecule has 1 heterocycles. The second-order valence-corrected chi connectivity index (χ2v) is 2.53. The van der Waals surface area contributed by atoms with Gasteiger partial charge in [0.05, 0.1) is 0 Å². The maximum Gasteiger partial charge on any atom is 0.175 e. The van der Waals surface area contributed by atoms with Crippen LogP contribution in [0.5, 0.6) is 5.06 Å². The van der Waals surface area contributed by atoms with Crippen LogP contribution in [0.3, 0.4) is 0 Å². The van der Waals surface area contributed by atoms with E-state index in [1.807, 2.05) is 11.4 Å². The van der Waals surface area contributed by atoms with Gasteiger partial charge in [-0.2, -0.15) is 0 Å². The van der Waals surface area contributed by atoms with E-state index in [-0.39, 0.29) is 0 Å². The summed E-state index contributed by atoms with van der Waals surface area (Å²) in [5.74, 6) is 2.46. The molecule has 46 valence electrons. The second kappa shape index (κ2) is 2.56. The highest BCUT2D eigenvalue weighted by Crippen LogP contribution is 2.23. The summed E-state index contributed by atoms with van der Waals surface area (Å²) in [5, 5.41) is 11.2. The molecular weight excluding hydrogens is 132 g/mol. The van der Waals surface area contributed by atoms with E-state index in [1.54, 1.807) is 0 Å². The predicted octanol–water partition coefficient (Wildman–Crippen LogP) is 1.63. The topological polar surface area (TPSA) is 20.2 Å². The third-order valence-electron chi connectivity index (χ3n) is 1.02. The number of aromatic hydroxyl groups is 1. The Morgan fingerprint density at radius 1 is 1.78 bits per heavy atom. The average Bonchev–Trinajstić information content (AvgIpc) is 2.18. The van der Waals surface area contributed by atoms with Crippen LogP contribution in [0.1, 0.15) is 5.56 Å². The van der Waals surface area contributed by atoms with Crippen LogP contribution in [0, 0.1) is 12.3 Å². The van der Waals surface area contributed by atoms with Gasteiger partial charge in [0.2, 0.25) is 0 Å². The summed E-state index contributed by atoms with van der Waals surface area (Å²) >= 11 is 1.30. The van der Waals surface area contributed by atoms with Gasteiger partial charge in [-0.05, 0) is 11.4 Å². The first-order valence-electron chi connectivity index (χ1n) is 2.53. The van der Waals surface area contributed by atoms with Crippen LogP contribution in [-0.2, 0) is 6.42 Å². The average molecular weight is 138 g/mol. The molecule has 0 aliphatic heterocycles. The fraction of sp³-hybridized carbons (Fsp3) is 0.143. The number of terminal acetylenes is 1. The Bertz CT molecular complexity index is 231. The molecule has 1 rings (SSSR count). The smallest absolute Gasteiger partial charge is 0.175 e. The van der Waals surface area contributed by atoms with Crippen LogP contribution >= 0.6 is 11.3 Å². The van der Waals surface area contributed by atoms with Crippen LogP contribution in [-0.4, -0.2) is 5.11 Å². The Hall–Kier alpha value is -0.940. The molecule has 0 spiro atoms. The molecule has 0 fully saturated rings. The van der Waals surface area contributed by atoms with E-state index in [0.29, 0.717) is 11.5 Å². The number of hydrogen-bond donors (Lipinski definition) is 1. The van der Waals surface area contributed by atoms with E-state index in [4.69, 9.17) is 11.5 Å². The lowest BCUT2D eigenvalue weighted by atomic mass is 10.2. The van der Waals surface area contributed by atoms with Crippen molar-refractivity contribution in [2.45, 2.75) is 6.42 Å². The van der Waals surface area contributed by atoms with Crippen molar-refractivity contribution in [2.24, 2.45) is 0 Å². The molecule has 1 N–H and O–H groups in total. The highest BCUT2D eigenvalue weighted by atomic mass is 32.1. The van der Waals surface area contributed by atoms with Crippen LogP contribution < -0.4 is 0 Å². The summed E-state index contributed by atoms with van der Waals surface area (Å²) in [6, 6.07) is 1.83. The van der Waals surface area contributed by atoms with Crippen LogP contribution in [0.4, 0.5) is 0 Å². The van der Waals surface area contributed by atoms with Crippen molar-refractivity contribution in [2.75, 3.05) is 0 Å². The second-order valence-electron chi connectivity index (χ2n) is 1.63. The van der Waals surface area contributed by atoms with Crippen molar-refractivity contribution < 1.29 is 5.11 Å². The fourth-order valence-electron chi connectivity index (χ4n) is 0.572. The first-order valence-corrected chi connectivity index (χ1v) is 3.41. The largest absolute Gasteiger partial charge is 0.499 e. The molecule has 0 aliphatic carbocycles. The summed E-state index contributed by atoms with van der Waals surface area (Å²) in [4.78, 5) is 0. The van der Waals surface area contributed by atoms with Crippen molar-refractivity contribution >= 4 is 11.3 Å². The molecule has 0 unspecified atom stereocenters. The Morgan fingerprint density at radius 3 is 3.00 bits per heavy atom. The molecule has 2 heteroatoms. The van der Waals surface area contributed by atoms with E-state index in [0.717, 1.165) is 5.56 Å². The summed E-state index contributed by atoms with van der Waals surface area (Å²) in [7, 11) is 0.